The number of methoxy groups -OCH3 is 6. The molecule has 5 rings (SSSR count). The maximum Gasteiger partial charge on any atom is 0.496 e. The summed E-state index contributed by atoms with van der Waals surface area (Å²) in [5.74, 6) is 1.29. The molecule has 0 aliphatic heterocycles. The Morgan fingerprint density at radius 2 is 0.932 bits per heavy atom. The number of carbonyl (C=O) groups is 4. The molecule has 0 bridgehead atoms. The molecule has 21 heteroatoms. The highest BCUT2D eigenvalue weighted by Gasteiger charge is 2.26. The van der Waals surface area contributed by atoms with Gasteiger partial charge in [-0.2, -0.15) is 8.42 Å². The van der Waals surface area contributed by atoms with E-state index in [2.05, 4.69) is 10.6 Å². The summed E-state index contributed by atoms with van der Waals surface area (Å²) in [5.41, 5.74) is 2.80. The predicted molar refractivity (Wildman–Crippen MR) is 277 cm³/mol. The van der Waals surface area contributed by atoms with Gasteiger partial charge in [0.05, 0.1) is 78.6 Å². The average Bonchev–Trinajstić information content (AvgIpc) is 3.34. The number of amides is 2. The smallest absolute Gasteiger partial charge is 0.496 e. The summed E-state index contributed by atoms with van der Waals surface area (Å²) >= 11 is 0. The third-order valence-electron chi connectivity index (χ3n) is 10.1. The monoisotopic (exact) mass is 1050 g/mol. The minimum absolute atomic E-state index is 0.0208. The lowest BCUT2D eigenvalue weighted by Crippen LogP contribution is -2.36. The molecule has 5 aromatic rings. The van der Waals surface area contributed by atoms with Crippen molar-refractivity contribution in [2.45, 2.75) is 89.5 Å². The Balaban J connectivity index is 0.000000316. The number of ether oxygens (including phenoxy) is 8. The van der Waals surface area contributed by atoms with Gasteiger partial charge in [0.1, 0.15) is 44.8 Å². The van der Waals surface area contributed by atoms with Crippen molar-refractivity contribution >= 4 is 46.8 Å². The molecule has 400 valence electrons. The summed E-state index contributed by atoms with van der Waals surface area (Å²) in [6, 6.07) is 29.0. The molecule has 0 aliphatic rings. The second-order valence-corrected chi connectivity index (χ2v) is 19.5. The molecule has 0 spiro atoms. The highest BCUT2D eigenvalue weighted by molar-refractivity contribution is 7.87. The molecule has 4 N–H and O–H groups in total. The van der Waals surface area contributed by atoms with Crippen molar-refractivity contribution in [3.63, 3.8) is 0 Å². The first-order chi connectivity index (χ1) is 34.8. The normalized spacial score (nSPS) is 11.8. The van der Waals surface area contributed by atoms with E-state index in [1.807, 2.05) is 49.4 Å². The molecule has 19 nitrogen and oxygen atoms in total. The van der Waals surface area contributed by atoms with Gasteiger partial charge in [0, 0.05) is 0 Å². The second-order valence-electron chi connectivity index (χ2n) is 18.0. The van der Waals surface area contributed by atoms with Gasteiger partial charge in [0.25, 0.3) is 0 Å². The summed E-state index contributed by atoms with van der Waals surface area (Å²) in [7, 11) is 3.10. The van der Waals surface area contributed by atoms with E-state index >= 15 is 0 Å². The van der Waals surface area contributed by atoms with Crippen LogP contribution in [0.2, 0.25) is 0 Å². The van der Waals surface area contributed by atoms with Gasteiger partial charge in [0.15, 0.2) is 0 Å². The van der Waals surface area contributed by atoms with Gasteiger partial charge in [-0.15, -0.1) is 0 Å². The number of alkyl carbamates (subject to hydrolysis) is 2. The topological polar surface area (TPSA) is 250 Å². The largest absolute Gasteiger partial charge is 0.497 e. The maximum absolute atomic E-state index is 12.4. The van der Waals surface area contributed by atoms with Crippen molar-refractivity contribution in [3.8, 4) is 39.9 Å². The number of aryl methyl sites for hydroxylation is 1. The molecule has 5 aromatic carbocycles. The minimum atomic E-state index is -3.99. The van der Waals surface area contributed by atoms with E-state index < -0.39 is 64.6 Å². The average molecular weight is 1050 g/mol. The number of esters is 2. The van der Waals surface area contributed by atoms with Crippen molar-refractivity contribution in [1.82, 2.24) is 10.6 Å². The van der Waals surface area contributed by atoms with Crippen LogP contribution in [0.25, 0.3) is 11.1 Å². The van der Waals surface area contributed by atoms with Crippen LogP contribution in [0.3, 0.4) is 0 Å². The quantitative estimate of drug-likeness (QED) is 0.0300. The number of carbonyl (C=O) groups excluding carboxylic acids is 4. The van der Waals surface area contributed by atoms with E-state index in [9.17, 15) is 27.6 Å². The summed E-state index contributed by atoms with van der Waals surface area (Å²) in [4.78, 5) is 48.1. The Morgan fingerprint density at radius 1 is 0.554 bits per heavy atom. The zero-order chi connectivity index (χ0) is 55.4. The molecule has 2 atom stereocenters. The Labute approximate surface area is 433 Å². The molecule has 0 heterocycles. The fourth-order valence-corrected chi connectivity index (χ4v) is 7.62. The standard InChI is InChI=1S/C23H29NO6.C22H27NO7S.C8H11BO4/c1-23(2,3)30-22(26)24-17(14-20(25)29-6)15-10-12-16(13-11-15)21-18(27-4)8-7-9-19(21)28-5;1-15-6-12-18(13-7-15)31(26,27)30-17-10-8-16(9-11-17)19(14-20(24)28-5)23-21(25)29-22(2,3)4;1-12-6-4-3-5-7(13-2)8(6)9(10)11/h7-13,17H,14H2,1-6H3,(H,24,26);6-13,19H,14H2,1-5H3,(H,23,25);3-5,10-11H,1-2H3. The van der Waals surface area contributed by atoms with Crippen molar-refractivity contribution in [1.29, 1.82) is 0 Å². The first-order valence-electron chi connectivity index (χ1n) is 22.9. The first-order valence-corrected chi connectivity index (χ1v) is 24.3. The van der Waals surface area contributed by atoms with E-state index in [4.69, 9.17) is 52.1 Å². The van der Waals surface area contributed by atoms with Crippen LogP contribution < -0.4 is 39.2 Å². The molecular weight excluding hydrogens is 979 g/mol. The Hall–Kier alpha value is -7.49. The van der Waals surface area contributed by atoms with Gasteiger partial charge in [-0.25, -0.2) is 9.59 Å². The molecule has 2 amide bonds. The molecular formula is C53H67BN2O17S. The summed E-state index contributed by atoms with van der Waals surface area (Å²) < 4.78 is 70.9. The van der Waals surface area contributed by atoms with Crippen LogP contribution in [0.15, 0.2) is 114 Å². The van der Waals surface area contributed by atoms with E-state index in [0.29, 0.717) is 28.6 Å². The highest BCUT2D eigenvalue weighted by atomic mass is 32.2. The second kappa shape index (κ2) is 28.1. The van der Waals surface area contributed by atoms with Crippen LogP contribution in [0.5, 0.6) is 28.7 Å². The molecule has 0 fully saturated rings. The minimum Gasteiger partial charge on any atom is -0.497 e. The van der Waals surface area contributed by atoms with Crippen molar-refractivity contribution < 1.29 is 79.7 Å². The zero-order valence-corrected chi connectivity index (χ0v) is 44.8. The van der Waals surface area contributed by atoms with Crippen LogP contribution in [0.1, 0.15) is 83.2 Å². The SMILES string of the molecule is COC(=O)CC(NC(=O)OC(C)(C)C)c1ccc(-c2c(OC)cccc2OC)cc1.COC(=O)CC(NC(=O)OC(C)(C)C)c1ccc(OS(=O)(=O)c2ccc(C)cc2)cc1.COc1cccc(OC)c1B(O)O. The van der Waals surface area contributed by atoms with Crippen molar-refractivity contribution in [2.24, 2.45) is 0 Å². The number of hydrogen-bond acceptors (Lipinski definition) is 17. The third-order valence-corrected chi connectivity index (χ3v) is 11.4. The van der Waals surface area contributed by atoms with Gasteiger partial charge < -0.3 is 62.8 Å². The lowest BCUT2D eigenvalue weighted by molar-refractivity contribution is -0.142. The van der Waals surface area contributed by atoms with Crippen molar-refractivity contribution in [3.05, 3.63) is 126 Å². The van der Waals surface area contributed by atoms with E-state index in [1.54, 1.807) is 98.2 Å². The summed E-state index contributed by atoms with van der Waals surface area (Å²) in [6.07, 6.45) is -1.44. The molecule has 0 saturated carbocycles. The third kappa shape index (κ3) is 19.5. The fraction of sp³-hybridized carbons (Fsp3) is 0.358. The Morgan fingerprint density at radius 3 is 1.28 bits per heavy atom. The van der Waals surface area contributed by atoms with Gasteiger partial charge in [-0.05, 0) is 114 Å². The van der Waals surface area contributed by atoms with E-state index in [0.717, 1.165) is 22.3 Å². The highest BCUT2D eigenvalue weighted by Crippen LogP contribution is 2.39. The molecule has 0 saturated heterocycles. The summed E-state index contributed by atoms with van der Waals surface area (Å²) in [5, 5.41) is 23.5. The fourth-order valence-electron chi connectivity index (χ4n) is 6.69. The van der Waals surface area contributed by atoms with Crippen LogP contribution >= 0.6 is 0 Å². The van der Waals surface area contributed by atoms with Crippen LogP contribution in [-0.4, -0.2) is 104 Å². The molecule has 2 unspecified atom stereocenters. The van der Waals surface area contributed by atoms with Gasteiger partial charge in [-0.3, -0.25) is 9.59 Å². The van der Waals surface area contributed by atoms with E-state index in [1.165, 1.54) is 52.7 Å². The molecule has 74 heavy (non-hydrogen) atoms. The number of benzene rings is 5. The molecule has 0 aliphatic carbocycles. The Kier molecular flexibility index (Phi) is 23.1. The zero-order valence-electron chi connectivity index (χ0n) is 44.0. The van der Waals surface area contributed by atoms with Crippen LogP contribution in [0, 0.1) is 6.92 Å². The van der Waals surface area contributed by atoms with Crippen LogP contribution in [0.4, 0.5) is 9.59 Å². The van der Waals surface area contributed by atoms with Crippen LogP contribution in [-0.2, 0) is 38.7 Å². The van der Waals surface area contributed by atoms with Crippen molar-refractivity contribution in [2.75, 3.05) is 42.7 Å². The van der Waals surface area contributed by atoms with Gasteiger partial charge in [-0.1, -0.05) is 66.2 Å². The number of nitrogens with one attached hydrogen (secondary N) is 2. The van der Waals surface area contributed by atoms with E-state index in [-0.39, 0.29) is 28.9 Å². The first kappa shape index (κ1) is 60.8. The lowest BCUT2D eigenvalue weighted by atomic mass is 9.78. The maximum atomic E-state index is 12.4. The summed E-state index contributed by atoms with van der Waals surface area (Å²) in [6.45, 7) is 12.4. The van der Waals surface area contributed by atoms with Gasteiger partial charge in [0.2, 0.25) is 0 Å². The van der Waals surface area contributed by atoms with Gasteiger partial charge >= 0.3 is 41.4 Å². The lowest BCUT2D eigenvalue weighted by Gasteiger charge is -2.23. The predicted octanol–water partition coefficient (Wildman–Crippen LogP) is 7.77. The number of rotatable bonds is 17. The number of hydrogen-bond donors (Lipinski definition) is 4. The molecule has 0 radical (unpaired) electrons. The Bertz CT molecular complexity index is 2680. The molecule has 0 aromatic heterocycles.